The molecule has 0 unspecified atom stereocenters. The van der Waals surface area contributed by atoms with Gasteiger partial charge in [-0.1, -0.05) is 18.2 Å². The molecule has 1 aromatic heterocycles. The molecule has 116 valence electrons. The molecule has 0 aliphatic carbocycles. The van der Waals surface area contributed by atoms with E-state index in [0.29, 0.717) is 5.25 Å². The van der Waals surface area contributed by atoms with Gasteiger partial charge in [0, 0.05) is 33.9 Å². The van der Waals surface area contributed by atoms with Gasteiger partial charge in [0.1, 0.15) is 0 Å². The Kier molecular flexibility index (Phi) is 5.50. The molecule has 2 nitrogen and oxygen atoms in total. The van der Waals surface area contributed by atoms with Crippen molar-refractivity contribution in [1.29, 1.82) is 0 Å². The van der Waals surface area contributed by atoms with Gasteiger partial charge < -0.3 is 4.90 Å². The van der Waals surface area contributed by atoms with Crippen molar-refractivity contribution in [2.45, 2.75) is 16.6 Å². The summed E-state index contributed by atoms with van der Waals surface area (Å²) in [7, 11) is 0. The van der Waals surface area contributed by atoms with Crippen molar-refractivity contribution in [3.63, 3.8) is 0 Å². The van der Waals surface area contributed by atoms with Crippen LogP contribution < -0.4 is 0 Å². The van der Waals surface area contributed by atoms with Crippen molar-refractivity contribution in [2.24, 2.45) is 0 Å². The molecule has 5 heteroatoms. The van der Waals surface area contributed by atoms with Crippen LogP contribution in [0.15, 0.2) is 46.7 Å². The van der Waals surface area contributed by atoms with Crippen LogP contribution in [0, 0.1) is 0 Å². The van der Waals surface area contributed by atoms with Crippen molar-refractivity contribution in [2.75, 3.05) is 25.1 Å². The Labute approximate surface area is 144 Å². The third-order valence-electron chi connectivity index (χ3n) is 3.83. The lowest BCUT2D eigenvalue weighted by molar-refractivity contribution is 0.0763. The van der Waals surface area contributed by atoms with E-state index in [1.54, 1.807) is 11.8 Å². The molecular weight excluding hydrogens is 330 g/mol. The average molecular weight is 350 g/mol. The highest BCUT2D eigenvalue weighted by atomic mass is 32.2. The second kappa shape index (κ2) is 7.57. The fourth-order valence-electron chi connectivity index (χ4n) is 2.67. The first-order valence-corrected chi connectivity index (χ1v) is 10.5. The Morgan fingerprint density at radius 1 is 1.23 bits per heavy atom. The molecule has 1 aliphatic heterocycles. The first-order chi connectivity index (χ1) is 10.8. The molecule has 0 bridgehead atoms. The van der Waals surface area contributed by atoms with Crippen LogP contribution in [0.4, 0.5) is 0 Å². The maximum absolute atomic E-state index is 12.8. The average Bonchev–Trinajstić information content (AvgIpc) is 2.99. The Morgan fingerprint density at radius 3 is 2.86 bits per heavy atom. The lowest BCUT2D eigenvalue weighted by Gasteiger charge is -2.21. The van der Waals surface area contributed by atoms with Crippen LogP contribution in [0.25, 0.3) is 0 Å². The predicted octanol–water partition coefficient (Wildman–Crippen LogP) is 4.79. The molecule has 1 fully saturated rings. The van der Waals surface area contributed by atoms with E-state index in [1.165, 1.54) is 4.88 Å². The first-order valence-electron chi connectivity index (χ1n) is 7.37. The Hall–Kier alpha value is -0.910. The molecule has 0 N–H and O–H groups in total. The number of amides is 1. The molecule has 0 saturated carbocycles. The SMILES string of the molecule is CSc1ccccc1C(=O)N1CCS[C@@H](c2cccs2)CC1. The summed E-state index contributed by atoms with van der Waals surface area (Å²) in [6.45, 7) is 1.69. The quantitative estimate of drug-likeness (QED) is 0.743. The molecule has 1 aromatic carbocycles. The van der Waals surface area contributed by atoms with Gasteiger partial charge in [-0.15, -0.1) is 23.1 Å². The second-order valence-corrected chi connectivity index (χ2v) is 8.29. The van der Waals surface area contributed by atoms with E-state index < -0.39 is 0 Å². The number of hydrogen-bond acceptors (Lipinski definition) is 4. The zero-order valence-corrected chi connectivity index (χ0v) is 15.0. The highest BCUT2D eigenvalue weighted by Crippen LogP contribution is 2.37. The van der Waals surface area contributed by atoms with Crippen molar-refractivity contribution < 1.29 is 4.79 Å². The lowest BCUT2D eigenvalue weighted by atomic mass is 10.1. The summed E-state index contributed by atoms with van der Waals surface area (Å²) in [5, 5.41) is 2.67. The monoisotopic (exact) mass is 349 g/mol. The second-order valence-electron chi connectivity index (χ2n) is 5.16. The summed E-state index contributed by atoms with van der Waals surface area (Å²) < 4.78 is 0. The van der Waals surface area contributed by atoms with Gasteiger partial charge in [-0.3, -0.25) is 4.79 Å². The van der Waals surface area contributed by atoms with Crippen LogP contribution in [-0.4, -0.2) is 35.9 Å². The highest BCUT2D eigenvalue weighted by Gasteiger charge is 2.24. The molecule has 1 amide bonds. The third-order valence-corrected chi connectivity index (χ3v) is 7.07. The Balaban J connectivity index is 1.71. The number of thioether (sulfide) groups is 2. The summed E-state index contributed by atoms with van der Waals surface area (Å²) in [4.78, 5) is 17.4. The van der Waals surface area contributed by atoms with Crippen molar-refractivity contribution in [1.82, 2.24) is 4.90 Å². The number of nitrogens with zero attached hydrogens (tertiary/aromatic N) is 1. The van der Waals surface area contributed by atoms with Gasteiger partial charge in [0.15, 0.2) is 0 Å². The van der Waals surface area contributed by atoms with Gasteiger partial charge in [-0.2, -0.15) is 11.8 Å². The van der Waals surface area contributed by atoms with E-state index in [4.69, 9.17) is 0 Å². The van der Waals surface area contributed by atoms with Crippen LogP contribution in [0.1, 0.15) is 26.9 Å². The highest BCUT2D eigenvalue weighted by molar-refractivity contribution is 7.99. The summed E-state index contributed by atoms with van der Waals surface area (Å²) in [6, 6.07) is 12.2. The van der Waals surface area contributed by atoms with E-state index in [0.717, 1.165) is 35.7 Å². The molecule has 1 saturated heterocycles. The number of thiophene rings is 1. The minimum Gasteiger partial charge on any atom is -0.338 e. The van der Waals surface area contributed by atoms with Crippen molar-refractivity contribution in [3.8, 4) is 0 Å². The smallest absolute Gasteiger partial charge is 0.255 e. The van der Waals surface area contributed by atoms with Gasteiger partial charge >= 0.3 is 0 Å². The largest absolute Gasteiger partial charge is 0.338 e. The van der Waals surface area contributed by atoms with E-state index >= 15 is 0 Å². The predicted molar refractivity (Wildman–Crippen MR) is 98.3 cm³/mol. The number of carbonyl (C=O) groups excluding carboxylic acids is 1. The van der Waals surface area contributed by atoms with Crippen LogP contribution in [0.3, 0.4) is 0 Å². The lowest BCUT2D eigenvalue weighted by Crippen LogP contribution is -2.33. The van der Waals surface area contributed by atoms with Crippen LogP contribution in [-0.2, 0) is 0 Å². The molecule has 1 atom stereocenters. The van der Waals surface area contributed by atoms with E-state index in [2.05, 4.69) is 17.5 Å². The van der Waals surface area contributed by atoms with E-state index in [-0.39, 0.29) is 5.91 Å². The van der Waals surface area contributed by atoms with Crippen LogP contribution in [0.5, 0.6) is 0 Å². The Bertz CT molecular complexity index is 627. The first kappa shape index (κ1) is 16.0. The Morgan fingerprint density at radius 2 is 2.09 bits per heavy atom. The van der Waals surface area contributed by atoms with E-state index in [1.807, 2.05) is 58.5 Å². The zero-order valence-electron chi connectivity index (χ0n) is 12.5. The summed E-state index contributed by atoms with van der Waals surface area (Å²) in [6.07, 6.45) is 3.07. The summed E-state index contributed by atoms with van der Waals surface area (Å²) in [5.74, 6) is 1.19. The van der Waals surface area contributed by atoms with Crippen molar-refractivity contribution in [3.05, 3.63) is 52.2 Å². The van der Waals surface area contributed by atoms with Crippen molar-refractivity contribution >= 4 is 40.8 Å². The zero-order chi connectivity index (χ0) is 15.4. The van der Waals surface area contributed by atoms with Gasteiger partial charge in [0.05, 0.1) is 5.56 Å². The van der Waals surface area contributed by atoms with E-state index in [9.17, 15) is 4.79 Å². The van der Waals surface area contributed by atoms with Gasteiger partial charge in [0.25, 0.3) is 5.91 Å². The fourth-order valence-corrected chi connectivity index (χ4v) is 5.49. The standard InChI is InChI=1S/C17H19NOS3/c1-20-14-6-3-2-5-13(14)17(19)18-9-8-16(22-12-10-18)15-7-4-11-21-15/h2-7,11,16H,8-10,12H2,1H3/t16-/m1/s1. The molecule has 3 rings (SSSR count). The minimum absolute atomic E-state index is 0.178. The minimum atomic E-state index is 0.178. The van der Waals surface area contributed by atoms with Crippen LogP contribution >= 0.6 is 34.9 Å². The number of benzene rings is 1. The normalized spacial score (nSPS) is 19.0. The molecule has 1 aliphatic rings. The summed E-state index contributed by atoms with van der Waals surface area (Å²) >= 11 is 5.44. The molecular formula is C17H19NOS3. The van der Waals surface area contributed by atoms with Gasteiger partial charge in [-0.25, -0.2) is 0 Å². The topological polar surface area (TPSA) is 20.3 Å². The molecule has 0 radical (unpaired) electrons. The number of carbonyl (C=O) groups is 1. The maximum atomic E-state index is 12.8. The summed E-state index contributed by atoms with van der Waals surface area (Å²) in [5.41, 5.74) is 0.842. The number of rotatable bonds is 3. The third kappa shape index (κ3) is 3.53. The fraction of sp³-hybridized carbons (Fsp3) is 0.353. The number of hydrogen-bond donors (Lipinski definition) is 0. The van der Waals surface area contributed by atoms with Gasteiger partial charge in [0.2, 0.25) is 0 Å². The molecule has 2 heterocycles. The molecule has 22 heavy (non-hydrogen) atoms. The molecule has 2 aromatic rings. The maximum Gasteiger partial charge on any atom is 0.255 e. The van der Waals surface area contributed by atoms with Crippen LogP contribution in [0.2, 0.25) is 0 Å². The van der Waals surface area contributed by atoms with Gasteiger partial charge in [-0.05, 0) is 36.3 Å². The molecule has 0 spiro atoms.